The summed E-state index contributed by atoms with van der Waals surface area (Å²) in [7, 11) is 1.51. The molecule has 0 saturated carbocycles. The molecule has 1 heterocycles. The smallest absolute Gasteiger partial charge is 0.233 e. The molecule has 0 unspecified atom stereocenters. The van der Waals surface area contributed by atoms with Crippen LogP contribution < -0.4 is 4.74 Å². The molecule has 0 aliphatic rings. The molecule has 0 aliphatic heterocycles. The molecule has 2 aromatic rings. The van der Waals surface area contributed by atoms with E-state index >= 15 is 0 Å². The molecule has 0 saturated heterocycles. The summed E-state index contributed by atoms with van der Waals surface area (Å²) >= 11 is 0. The zero-order valence-electron chi connectivity index (χ0n) is 12.0. The number of carbonyl (C=O) groups is 1. The average molecular weight is 270 g/mol. The predicted molar refractivity (Wildman–Crippen MR) is 77.0 cm³/mol. The van der Waals surface area contributed by atoms with Crippen LogP contribution in [-0.4, -0.2) is 23.1 Å². The van der Waals surface area contributed by atoms with Crippen LogP contribution in [0.3, 0.4) is 0 Å². The lowest BCUT2D eigenvalue weighted by Crippen LogP contribution is -2.06. The number of ketones is 1. The van der Waals surface area contributed by atoms with Crippen molar-refractivity contribution in [2.75, 3.05) is 7.11 Å². The number of ether oxygens (including phenoxy) is 1. The number of rotatable bonds is 5. The minimum atomic E-state index is -0.120. The molecule has 0 spiro atoms. The van der Waals surface area contributed by atoms with E-state index in [4.69, 9.17) is 4.74 Å². The summed E-state index contributed by atoms with van der Waals surface area (Å²) in [5.41, 5.74) is 2.13. The summed E-state index contributed by atoms with van der Waals surface area (Å²) in [6.45, 7) is 4.31. The Balaban J connectivity index is 2.23. The average Bonchev–Trinajstić information content (AvgIpc) is 2.46. The highest BCUT2D eigenvalue weighted by molar-refractivity contribution is 6.07. The summed E-state index contributed by atoms with van der Waals surface area (Å²) in [4.78, 5) is 12.3. The molecule has 0 N–H and O–H groups in total. The molecular weight excluding hydrogens is 252 g/mol. The molecule has 0 atom stereocenters. The van der Waals surface area contributed by atoms with Crippen molar-refractivity contribution < 1.29 is 9.53 Å². The maximum atomic E-state index is 12.3. The van der Waals surface area contributed by atoms with E-state index in [-0.39, 0.29) is 5.78 Å². The molecule has 4 nitrogen and oxygen atoms in total. The minimum Gasteiger partial charge on any atom is -0.480 e. The van der Waals surface area contributed by atoms with E-state index in [9.17, 15) is 4.79 Å². The van der Waals surface area contributed by atoms with Crippen LogP contribution in [0.5, 0.6) is 5.88 Å². The van der Waals surface area contributed by atoms with Gasteiger partial charge in [-0.05, 0) is 30.0 Å². The van der Waals surface area contributed by atoms with Gasteiger partial charge in [0.2, 0.25) is 11.7 Å². The van der Waals surface area contributed by atoms with Crippen molar-refractivity contribution in [2.45, 2.75) is 20.3 Å². The first-order valence-corrected chi connectivity index (χ1v) is 6.61. The highest BCUT2D eigenvalue weighted by atomic mass is 16.5. The molecule has 0 amide bonds. The van der Waals surface area contributed by atoms with Gasteiger partial charge in [0, 0.05) is 11.6 Å². The Hall–Kier alpha value is -2.23. The lowest BCUT2D eigenvalue weighted by molar-refractivity contribution is 0.103. The second kappa shape index (κ2) is 6.28. The molecule has 0 radical (unpaired) electrons. The Morgan fingerprint density at radius 2 is 2.00 bits per heavy atom. The van der Waals surface area contributed by atoms with Crippen molar-refractivity contribution in [3.63, 3.8) is 0 Å². The van der Waals surface area contributed by atoms with Crippen LogP contribution in [0.4, 0.5) is 0 Å². The van der Waals surface area contributed by atoms with E-state index in [0.717, 1.165) is 12.0 Å². The molecular formula is C16H18N2O2. The van der Waals surface area contributed by atoms with E-state index in [0.29, 0.717) is 23.1 Å². The van der Waals surface area contributed by atoms with Gasteiger partial charge in [0.25, 0.3) is 0 Å². The van der Waals surface area contributed by atoms with E-state index in [1.165, 1.54) is 7.11 Å². The minimum absolute atomic E-state index is 0.120. The number of benzene rings is 1. The van der Waals surface area contributed by atoms with Crippen LogP contribution in [-0.2, 0) is 6.42 Å². The third-order valence-electron chi connectivity index (χ3n) is 2.91. The zero-order valence-corrected chi connectivity index (χ0v) is 12.0. The van der Waals surface area contributed by atoms with Crippen LogP contribution in [0.15, 0.2) is 36.4 Å². The predicted octanol–water partition coefficient (Wildman–Crippen LogP) is 2.91. The van der Waals surface area contributed by atoms with Crippen LogP contribution in [0, 0.1) is 5.92 Å². The zero-order chi connectivity index (χ0) is 14.5. The Morgan fingerprint density at radius 1 is 1.20 bits per heavy atom. The second-order valence-electron chi connectivity index (χ2n) is 5.09. The number of aromatic nitrogens is 2. The molecule has 0 bridgehead atoms. The Kier molecular flexibility index (Phi) is 4.45. The molecule has 0 aliphatic carbocycles. The second-order valence-corrected chi connectivity index (χ2v) is 5.09. The summed E-state index contributed by atoms with van der Waals surface area (Å²) < 4.78 is 4.93. The standard InChI is InChI=1S/C16H18N2O2/c1-11(2)9-12-5-4-6-13(10-12)16(19)14-7-8-15(20-3)18-17-14/h4-8,10-11H,9H2,1-3H3. The van der Waals surface area contributed by atoms with Crippen LogP contribution in [0.25, 0.3) is 0 Å². The fourth-order valence-corrected chi connectivity index (χ4v) is 2.01. The highest BCUT2D eigenvalue weighted by Crippen LogP contribution is 2.14. The number of carbonyl (C=O) groups excluding carboxylic acids is 1. The number of hydrogen-bond acceptors (Lipinski definition) is 4. The fourth-order valence-electron chi connectivity index (χ4n) is 2.01. The molecule has 1 aromatic carbocycles. The maximum absolute atomic E-state index is 12.3. The van der Waals surface area contributed by atoms with Crippen molar-refractivity contribution in [1.29, 1.82) is 0 Å². The van der Waals surface area contributed by atoms with Crippen molar-refractivity contribution >= 4 is 5.78 Å². The van der Waals surface area contributed by atoms with Gasteiger partial charge in [-0.3, -0.25) is 4.79 Å². The van der Waals surface area contributed by atoms with Crippen molar-refractivity contribution in [2.24, 2.45) is 5.92 Å². The van der Waals surface area contributed by atoms with Gasteiger partial charge in [-0.2, -0.15) is 0 Å². The third kappa shape index (κ3) is 3.41. The summed E-state index contributed by atoms with van der Waals surface area (Å²) in [5.74, 6) is 0.835. The van der Waals surface area contributed by atoms with Crippen LogP contribution in [0.2, 0.25) is 0 Å². The largest absolute Gasteiger partial charge is 0.480 e. The fraction of sp³-hybridized carbons (Fsp3) is 0.312. The third-order valence-corrected chi connectivity index (χ3v) is 2.91. The number of methoxy groups -OCH3 is 1. The van der Waals surface area contributed by atoms with Gasteiger partial charge in [-0.15, -0.1) is 10.2 Å². The molecule has 4 heteroatoms. The van der Waals surface area contributed by atoms with Crippen LogP contribution in [0.1, 0.15) is 35.5 Å². The summed E-state index contributed by atoms with van der Waals surface area (Å²) in [5, 5.41) is 7.71. The van der Waals surface area contributed by atoms with Gasteiger partial charge in [0.05, 0.1) is 7.11 Å². The van der Waals surface area contributed by atoms with Gasteiger partial charge >= 0.3 is 0 Å². The Bertz CT molecular complexity index is 592. The first-order valence-electron chi connectivity index (χ1n) is 6.61. The van der Waals surface area contributed by atoms with Gasteiger partial charge in [-0.1, -0.05) is 32.0 Å². The summed E-state index contributed by atoms with van der Waals surface area (Å²) in [6.07, 6.45) is 0.954. The monoisotopic (exact) mass is 270 g/mol. The maximum Gasteiger partial charge on any atom is 0.233 e. The normalized spacial score (nSPS) is 10.6. The van der Waals surface area contributed by atoms with Gasteiger partial charge in [0.1, 0.15) is 5.69 Å². The highest BCUT2D eigenvalue weighted by Gasteiger charge is 2.12. The van der Waals surface area contributed by atoms with E-state index in [1.54, 1.807) is 18.2 Å². The molecule has 1 aromatic heterocycles. The topological polar surface area (TPSA) is 52.1 Å². The van der Waals surface area contributed by atoms with E-state index in [1.807, 2.05) is 18.2 Å². The molecule has 20 heavy (non-hydrogen) atoms. The van der Waals surface area contributed by atoms with Gasteiger partial charge < -0.3 is 4.74 Å². The van der Waals surface area contributed by atoms with Gasteiger partial charge in [0.15, 0.2) is 0 Å². The number of nitrogens with zero attached hydrogens (tertiary/aromatic N) is 2. The quantitative estimate of drug-likeness (QED) is 0.784. The van der Waals surface area contributed by atoms with Gasteiger partial charge in [-0.25, -0.2) is 0 Å². The van der Waals surface area contributed by atoms with Crippen molar-refractivity contribution in [3.8, 4) is 5.88 Å². The number of hydrogen-bond donors (Lipinski definition) is 0. The SMILES string of the molecule is COc1ccc(C(=O)c2cccc(CC(C)C)c2)nn1. The van der Waals surface area contributed by atoms with E-state index < -0.39 is 0 Å². The van der Waals surface area contributed by atoms with Crippen LogP contribution >= 0.6 is 0 Å². The molecule has 2 rings (SSSR count). The lowest BCUT2D eigenvalue weighted by Gasteiger charge is -2.07. The van der Waals surface area contributed by atoms with Crippen molar-refractivity contribution in [1.82, 2.24) is 10.2 Å². The summed E-state index contributed by atoms with van der Waals surface area (Å²) in [6, 6.07) is 10.9. The first-order chi connectivity index (χ1) is 9.60. The Labute approximate surface area is 118 Å². The Morgan fingerprint density at radius 3 is 2.60 bits per heavy atom. The molecule has 104 valence electrons. The van der Waals surface area contributed by atoms with Crippen molar-refractivity contribution in [3.05, 3.63) is 53.2 Å². The molecule has 0 fully saturated rings. The lowest BCUT2D eigenvalue weighted by atomic mass is 9.99. The van der Waals surface area contributed by atoms with E-state index in [2.05, 4.69) is 24.0 Å². The first kappa shape index (κ1) is 14.2.